The van der Waals surface area contributed by atoms with Gasteiger partial charge in [-0.25, -0.2) is 19.7 Å². The van der Waals surface area contributed by atoms with Gasteiger partial charge in [0.2, 0.25) is 0 Å². The van der Waals surface area contributed by atoms with Gasteiger partial charge in [0, 0.05) is 19.3 Å². The van der Waals surface area contributed by atoms with E-state index >= 15 is 0 Å². The maximum absolute atomic E-state index is 12.6. The van der Waals surface area contributed by atoms with Gasteiger partial charge in [0.1, 0.15) is 39.2 Å². The Bertz CT molecular complexity index is 2650. The number of nitrogens with one attached hydrogen (secondary N) is 3. The van der Waals surface area contributed by atoms with Crippen molar-refractivity contribution in [2.45, 2.75) is 31.1 Å². The van der Waals surface area contributed by atoms with E-state index in [9.17, 15) is 66.2 Å². The number of alkyl halides is 6. The fraction of sp³-hybridized carbons (Fsp3) is 0.219. The highest BCUT2D eigenvalue weighted by molar-refractivity contribution is 9.10. The molecule has 0 saturated carbocycles. The molecule has 0 bridgehead atoms. The molecule has 0 atom stereocenters. The number of rotatable bonds is 2. The first-order chi connectivity index (χ1) is 26.6. The summed E-state index contributed by atoms with van der Waals surface area (Å²) >= 11 is 2.92. The number of carboxylic acids is 1. The number of nitro groups is 1. The number of fused-ring (bicyclic) bond motifs is 3. The van der Waals surface area contributed by atoms with Crippen molar-refractivity contribution in [3.63, 3.8) is 0 Å². The van der Waals surface area contributed by atoms with Crippen LogP contribution in [0.15, 0.2) is 68.2 Å². The normalized spacial score (nSPS) is 13.1. The van der Waals surface area contributed by atoms with E-state index in [1.54, 1.807) is 6.07 Å². The molecule has 57 heavy (non-hydrogen) atoms. The summed E-state index contributed by atoms with van der Waals surface area (Å²) in [4.78, 5) is 71.5. The molecule has 4 heterocycles. The minimum Gasteiger partial charge on any atom is -0.506 e. The van der Waals surface area contributed by atoms with Crippen molar-refractivity contribution in [3.05, 3.63) is 106 Å². The third kappa shape index (κ3) is 10.2. The number of nitrogens with zero attached hydrogens (tertiary/aromatic N) is 4. The number of H-pyrrole nitrogens is 3. The van der Waals surface area contributed by atoms with E-state index in [0.717, 1.165) is 56.4 Å². The molecule has 6 aromatic rings. The number of carbonyl (C=O) groups is 1. The number of carboxylic acid groups (broad SMARTS) is 1. The number of ether oxygens (including phenoxy) is 1. The van der Waals surface area contributed by atoms with Gasteiger partial charge >= 0.3 is 18.3 Å². The Hall–Kier alpha value is -6.63. The zero-order valence-corrected chi connectivity index (χ0v) is 29.7. The van der Waals surface area contributed by atoms with Crippen LogP contribution in [0.2, 0.25) is 0 Å². The second kappa shape index (κ2) is 17.4. The summed E-state index contributed by atoms with van der Waals surface area (Å²) in [5.74, 6) is -3.10. The lowest BCUT2D eigenvalue weighted by Gasteiger charge is -2.22. The number of phenolic OH excluding ortho intramolecular Hbond substituents is 3. The number of phenols is 3. The quantitative estimate of drug-likeness (QED) is 0.0677. The molecule has 0 spiro atoms. The number of benzene rings is 3. The van der Waals surface area contributed by atoms with E-state index in [1.807, 2.05) is 11.1 Å². The van der Waals surface area contributed by atoms with E-state index in [-0.39, 0.29) is 38.0 Å². The van der Waals surface area contributed by atoms with Crippen molar-refractivity contribution in [2.75, 3.05) is 13.2 Å². The number of halogens is 7. The molecular weight excluding hydrogens is 852 g/mol. The maximum Gasteiger partial charge on any atom is 0.490 e. The van der Waals surface area contributed by atoms with Gasteiger partial charge in [-0.05, 0) is 64.5 Å². The van der Waals surface area contributed by atoms with E-state index < -0.39 is 56.8 Å². The van der Waals surface area contributed by atoms with Crippen LogP contribution in [0.25, 0.3) is 32.7 Å². The first-order valence-corrected chi connectivity index (χ1v) is 16.3. The summed E-state index contributed by atoms with van der Waals surface area (Å²) in [5, 5.41) is 46.3. The number of nitro benzene ring substituents is 1. The van der Waals surface area contributed by atoms with Crippen LogP contribution in [0.3, 0.4) is 0 Å². The summed E-state index contributed by atoms with van der Waals surface area (Å²) < 4.78 is 74.8. The summed E-state index contributed by atoms with van der Waals surface area (Å²) in [6.45, 7) is 1.46. The molecule has 1 aliphatic rings. The van der Waals surface area contributed by atoms with E-state index in [0.29, 0.717) is 22.9 Å². The molecule has 1 fully saturated rings. The molecule has 18 nitrogen and oxygen atoms in total. The highest BCUT2D eigenvalue weighted by atomic mass is 79.9. The molecule has 302 valence electrons. The Balaban J connectivity index is 0.000000175. The zero-order valence-electron chi connectivity index (χ0n) is 28.1. The molecule has 0 unspecified atom stereocenters. The van der Waals surface area contributed by atoms with E-state index in [4.69, 9.17) is 14.6 Å². The Morgan fingerprint density at radius 1 is 0.789 bits per heavy atom. The fourth-order valence-corrected chi connectivity index (χ4v) is 5.78. The number of aromatic amines is 3. The van der Waals surface area contributed by atoms with Crippen molar-refractivity contribution in [3.8, 4) is 17.2 Å². The number of aromatic hydroxyl groups is 3. The smallest absolute Gasteiger partial charge is 0.490 e. The van der Waals surface area contributed by atoms with Gasteiger partial charge in [-0.2, -0.15) is 26.3 Å². The van der Waals surface area contributed by atoms with Crippen LogP contribution in [0.5, 0.6) is 17.2 Å². The van der Waals surface area contributed by atoms with Gasteiger partial charge in [-0.3, -0.25) is 24.5 Å². The topological polar surface area (TPSA) is 288 Å². The van der Waals surface area contributed by atoms with Crippen LogP contribution in [0.4, 0.5) is 32.0 Å². The molecule has 3 aromatic heterocycles. The Kier molecular flexibility index (Phi) is 13.2. The van der Waals surface area contributed by atoms with Crippen molar-refractivity contribution >= 4 is 60.3 Å². The average Bonchev–Trinajstić information content (AvgIpc) is 3.13. The molecule has 3 aromatic carbocycles. The van der Waals surface area contributed by atoms with Gasteiger partial charge in [-0.15, -0.1) is 0 Å². The third-order valence-electron chi connectivity index (χ3n) is 7.76. The molecule has 25 heteroatoms. The van der Waals surface area contributed by atoms with E-state index in [1.165, 1.54) is 6.33 Å². The fourth-order valence-electron chi connectivity index (χ4n) is 5.22. The number of hydrogen-bond acceptors (Lipinski definition) is 13. The van der Waals surface area contributed by atoms with E-state index in [2.05, 4.69) is 40.8 Å². The molecule has 1 saturated heterocycles. The average molecular weight is 876 g/mol. The van der Waals surface area contributed by atoms with Crippen LogP contribution in [0.1, 0.15) is 29.9 Å². The SMILES string of the molecule is O=C(O)C(F)(F)F.O=c1[nH]cnc2c(O)cc(Br)c([N+](=O)[O-])c12.O=c1[nH]cnc2c(O)cc(C3CCOCC3)cc12.O=c1[nH]cnc2c(O)ccc(C(F)(F)F)c12. The third-order valence-corrected chi connectivity index (χ3v) is 8.37. The van der Waals surface area contributed by atoms with Gasteiger partial charge in [0.25, 0.3) is 22.4 Å². The van der Waals surface area contributed by atoms with Crippen molar-refractivity contribution in [1.82, 2.24) is 29.9 Å². The van der Waals surface area contributed by atoms with Crippen LogP contribution in [0, 0.1) is 10.1 Å². The summed E-state index contributed by atoms with van der Waals surface area (Å²) in [6, 6.07) is 6.18. The molecular formula is C32H24BrF6N7O11. The summed E-state index contributed by atoms with van der Waals surface area (Å²) in [7, 11) is 0. The lowest BCUT2D eigenvalue weighted by molar-refractivity contribution is -0.383. The van der Waals surface area contributed by atoms with Gasteiger partial charge < -0.3 is 40.1 Å². The Labute approximate surface area is 318 Å². The van der Waals surface area contributed by atoms with Gasteiger partial charge in [0.05, 0.1) is 44.7 Å². The minimum absolute atomic E-state index is 0.0287. The highest BCUT2D eigenvalue weighted by Gasteiger charge is 2.38. The molecule has 7 rings (SSSR count). The van der Waals surface area contributed by atoms with Crippen molar-refractivity contribution in [1.29, 1.82) is 0 Å². The predicted molar refractivity (Wildman–Crippen MR) is 188 cm³/mol. The van der Waals surface area contributed by atoms with Crippen LogP contribution in [-0.4, -0.2) is 80.6 Å². The Morgan fingerprint density at radius 3 is 1.81 bits per heavy atom. The lowest BCUT2D eigenvalue weighted by atomic mass is 9.91. The molecule has 1 aliphatic heterocycles. The number of aliphatic carboxylic acids is 1. The van der Waals surface area contributed by atoms with Gasteiger partial charge in [-0.1, -0.05) is 0 Å². The monoisotopic (exact) mass is 875 g/mol. The first-order valence-electron chi connectivity index (χ1n) is 15.5. The number of aromatic nitrogens is 6. The second-order valence-corrected chi connectivity index (χ2v) is 12.2. The second-order valence-electron chi connectivity index (χ2n) is 11.4. The molecule has 0 radical (unpaired) electrons. The predicted octanol–water partition coefficient (Wildman–Crippen LogP) is 5.10. The Morgan fingerprint density at radius 2 is 1.28 bits per heavy atom. The molecule has 0 aliphatic carbocycles. The van der Waals surface area contributed by atoms with Crippen LogP contribution < -0.4 is 16.7 Å². The molecule has 0 amide bonds. The maximum atomic E-state index is 12.6. The first kappa shape index (κ1) is 43.1. The van der Waals surface area contributed by atoms with Crippen molar-refractivity contribution < 1.29 is 61.2 Å². The van der Waals surface area contributed by atoms with Crippen LogP contribution >= 0.6 is 15.9 Å². The molecule has 7 N–H and O–H groups in total. The summed E-state index contributed by atoms with van der Waals surface area (Å²) in [5.41, 5.74) is -2.48. The standard InChI is InChI=1S/C13H14N2O3.C9H5F3N2O2.C8H4BrN3O4.C2HF3O2/c16-11-6-9(8-1-3-18-4-2-8)5-10-12(11)14-7-15-13(10)17;10-9(11,12)4-1-2-5(15)7-6(4)8(16)14-3-13-7;9-3-1-4(13)6-5(7(3)12(15)16)8(14)11-2-10-6;3-2(4,5)1(6)7/h5-8,16H,1-4H2,(H,14,15,17);1-3,15H,(H,13,14,16);1-2,13H,(H,10,11,14);(H,6,7). The van der Waals surface area contributed by atoms with Crippen LogP contribution in [-0.2, 0) is 15.7 Å². The lowest BCUT2D eigenvalue weighted by Crippen LogP contribution is -2.21. The zero-order chi connectivity index (χ0) is 42.4. The van der Waals surface area contributed by atoms with Crippen molar-refractivity contribution in [2.24, 2.45) is 0 Å². The van der Waals surface area contributed by atoms with Gasteiger partial charge in [0.15, 0.2) is 0 Å². The number of hydrogen-bond donors (Lipinski definition) is 7. The minimum atomic E-state index is -5.08. The summed E-state index contributed by atoms with van der Waals surface area (Å²) in [6.07, 6.45) is -4.60. The highest BCUT2D eigenvalue weighted by Crippen LogP contribution is 2.37. The largest absolute Gasteiger partial charge is 0.506 e.